The van der Waals surface area contributed by atoms with Crippen molar-refractivity contribution in [1.29, 1.82) is 0 Å². The highest BCUT2D eigenvalue weighted by atomic mass is 32.2. The molecular weight excluding hydrogens is 186 g/mol. The lowest BCUT2D eigenvalue weighted by Gasteiger charge is -2.04. The Labute approximate surface area is 68.7 Å². The van der Waals surface area contributed by atoms with E-state index in [4.69, 9.17) is 10.2 Å². The fraction of sp³-hybridized carbons (Fsp3) is 0.200. The number of hydrogen-bond acceptors (Lipinski definition) is 5. The number of hydrogen-bond donors (Lipinski definition) is 2. The van der Waals surface area contributed by atoms with Gasteiger partial charge in [0.15, 0.2) is 0 Å². The molecule has 1 rings (SSSR count). The highest BCUT2D eigenvalue weighted by Gasteiger charge is 2.11. The number of rotatable bonds is 2. The molecule has 0 amide bonds. The summed E-state index contributed by atoms with van der Waals surface area (Å²) in [5, 5.41) is 17.8. The van der Waals surface area contributed by atoms with Gasteiger partial charge in [0.2, 0.25) is 11.8 Å². The van der Waals surface area contributed by atoms with Crippen molar-refractivity contribution < 1.29 is 22.9 Å². The van der Waals surface area contributed by atoms with E-state index in [1.807, 2.05) is 0 Å². The van der Waals surface area contributed by atoms with Gasteiger partial charge in [0.1, 0.15) is 0 Å². The molecule has 0 radical (unpaired) electrons. The van der Waals surface area contributed by atoms with Gasteiger partial charge in [0, 0.05) is 12.1 Å². The highest BCUT2D eigenvalue weighted by molar-refractivity contribution is 7.86. The van der Waals surface area contributed by atoms with E-state index in [9.17, 15) is 8.42 Å². The van der Waals surface area contributed by atoms with Crippen LogP contribution in [0.1, 0.15) is 0 Å². The molecule has 1 aromatic heterocycles. The minimum atomic E-state index is -3.75. The average molecular weight is 193 g/mol. The zero-order valence-corrected chi connectivity index (χ0v) is 6.95. The van der Waals surface area contributed by atoms with Gasteiger partial charge in [-0.15, -0.1) is 0 Å². The van der Waals surface area contributed by atoms with Crippen LogP contribution in [0.2, 0.25) is 0 Å². The molecule has 0 atom stereocenters. The first kappa shape index (κ1) is 8.72. The van der Waals surface area contributed by atoms with Crippen molar-refractivity contribution >= 4 is 10.1 Å². The van der Waals surface area contributed by atoms with Crippen molar-refractivity contribution in [3.05, 3.63) is 12.1 Å². The van der Waals surface area contributed by atoms with Crippen LogP contribution < -0.4 is 4.28 Å². The molecule has 1 aromatic rings. The monoisotopic (exact) mass is 193 g/mol. The maximum atomic E-state index is 10.5. The summed E-state index contributed by atoms with van der Waals surface area (Å²) < 4.78 is 25.7. The quantitative estimate of drug-likeness (QED) is 0.647. The van der Waals surface area contributed by atoms with Crippen LogP contribution in [0.5, 0.6) is 11.8 Å². The summed E-state index contributed by atoms with van der Waals surface area (Å²) in [5.41, 5.74) is 0. The lowest BCUT2D eigenvalue weighted by atomic mass is 10.6. The summed E-state index contributed by atoms with van der Waals surface area (Å²) in [6.07, 6.45) is 0.798. The molecule has 2 N–H and O–H groups in total. The molecule has 0 aliphatic heterocycles. The SMILES string of the molecule is CS(=O)(=O)On1c(O)ccc1O. The largest absolute Gasteiger partial charge is 0.492 e. The van der Waals surface area contributed by atoms with Gasteiger partial charge >= 0.3 is 10.1 Å². The Bertz CT molecular complexity index is 359. The molecule has 0 fully saturated rings. The van der Waals surface area contributed by atoms with Crippen LogP contribution in [0.25, 0.3) is 0 Å². The minimum Gasteiger partial charge on any atom is -0.492 e. The molecule has 0 saturated carbocycles. The zero-order valence-electron chi connectivity index (χ0n) is 6.13. The van der Waals surface area contributed by atoms with Gasteiger partial charge in [-0.1, -0.05) is 4.73 Å². The zero-order chi connectivity index (χ0) is 9.35. The van der Waals surface area contributed by atoms with E-state index in [-0.39, 0.29) is 0 Å². The average Bonchev–Trinajstić information content (AvgIpc) is 2.16. The summed E-state index contributed by atoms with van der Waals surface area (Å²) in [7, 11) is -3.75. The molecule has 0 aliphatic carbocycles. The van der Waals surface area contributed by atoms with Crippen LogP contribution in [0, 0.1) is 0 Å². The molecule has 7 heteroatoms. The number of aromatic nitrogens is 1. The van der Waals surface area contributed by atoms with E-state index in [1.165, 1.54) is 0 Å². The van der Waals surface area contributed by atoms with E-state index >= 15 is 0 Å². The fourth-order valence-corrected chi connectivity index (χ4v) is 1.04. The predicted octanol–water partition coefficient (Wildman–Crippen LogP) is -0.713. The summed E-state index contributed by atoms with van der Waals surface area (Å²) in [6, 6.07) is 2.20. The third-order valence-corrected chi connectivity index (χ3v) is 1.43. The van der Waals surface area contributed by atoms with Gasteiger partial charge < -0.3 is 10.2 Å². The summed E-state index contributed by atoms with van der Waals surface area (Å²) >= 11 is 0. The first-order valence-corrected chi connectivity index (χ1v) is 4.71. The molecule has 0 aliphatic rings. The minimum absolute atomic E-state index is 0.398. The Morgan fingerprint density at radius 3 is 2.08 bits per heavy atom. The summed E-state index contributed by atoms with van der Waals surface area (Å²) in [5.74, 6) is -0.976. The van der Waals surface area contributed by atoms with Gasteiger partial charge in [-0.25, -0.2) is 0 Å². The third kappa shape index (κ3) is 1.82. The Morgan fingerprint density at radius 1 is 1.33 bits per heavy atom. The normalized spacial score (nSPS) is 11.4. The second-order valence-corrected chi connectivity index (χ2v) is 3.68. The standard InChI is InChI=1S/C5H7NO5S/c1-12(9,10)11-6-4(7)2-3-5(6)8/h2-3,7-8H,1H3. The lowest BCUT2D eigenvalue weighted by molar-refractivity contribution is 0.205. The number of aromatic hydroxyl groups is 2. The topological polar surface area (TPSA) is 88.8 Å². The fourth-order valence-electron chi connectivity index (χ4n) is 0.614. The van der Waals surface area contributed by atoms with E-state index in [0.717, 1.165) is 18.4 Å². The smallest absolute Gasteiger partial charge is 0.324 e. The molecule has 0 bridgehead atoms. The molecule has 68 valence electrons. The second kappa shape index (κ2) is 2.59. The maximum Gasteiger partial charge on any atom is 0.324 e. The van der Waals surface area contributed by atoms with Crippen molar-refractivity contribution in [3.63, 3.8) is 0 Å². The molecule has 1 heterocycles. The molecule has 0 aromatic carbocycles. The Balaban J connectivity index is 3.04. The van der Waals surface area contributed by atoms with Crippen molar-refractivity contribution in [2.75, 3.05) is 6.26 Å². The van der Waals surface area contributed by atoms with Crippen molar-refractivity contribution in [2.45, 2.75) is 0 Å². The van der Waals surface area contributed by atoms with Crippen LogP contribution in [0.4, 0.5) is 0 Å². The lowest BCUT2D eigenvalue weighted by Crippen LogP contribution is -2.17. The van der Waals surface area contributed by atoms with Crippen LogP contribution in [0.3, 0.4) is 0 Å². The first-order chi connectivity index (χ1) is 5.40. The predicted molar refractivity (Wildman–Crippen MR) is 39.2 cm³/mol. The van der Waals surface area contributed by atoms with E-state index in [0.29, 0.717) is 4.73 Å². The molecule has 6 nitrogen and oxygen atoms in total. The Kier molecular flexibility index (Phi) is 1.89. The summed E-state index contributed by atoms with van der Waals surface area (Å²) in [6.45, 7) is 0. The van der Waals surface area contributed by atoms with Crippen LogP contribution in [-0.4, -0.2) is 29.6 Å². The highest BCUT2D eigenvalue weighted by Crippen LogP contribution is 2.19. The van der Waals surface area contributed by atoms with Gasteiger partial charge in [-0.3, -0.25) is 4.28 Å². The van der Waals surface area contributed by atoms with Crippen molar-refractivity contribution in [2.24, 2.45) is 0 Å². The van der Waals surface area contributed by atoms with E-state index in [1.54, 1.807) is 0 Å². The van der Waals surface area contributed by atoms with Gasteiger partial charge in [0.25, 0.3) is 0 Å². The maximum absolute atomic E-state index is 10.5. The van der Waals surface area contributed by atoms with Crippen LogP contribution in [-0.2, 0) is 10.1 Å². The Hall–Kier alpha value is -1.37. The van der Waals surface area contributed by atoms with E-state index < -0.39 is 21.9 Å². The van der Waals surface area contributed by atoms with Crippen molar-refractivity contribution in [1.82, 2.24) is 4.73 Å². The summed E-state index contributed by atoms with van der Waals surface area (Å²) in [4.78, 5) is 0. The van der Waals surface area contributed by atoms with Gasteiger partial charge in [-0.2, -0.15) is 8.42 Å². The molecule has 0 saturated heterocycles. The van der Waals surface area contributed by atoms with Crippen LogP contribution >= 0.6 is 0 Å². The molecule has 12 heavy (non-hydrogen) atoms. The van der Waals surface area contributed by atoms with E-state index in [2.05, 4.69) is 4.28 Å². The first-order valence-electron chi connectivity index (χ1n) is 2.90. The molecule has 0 spiro atoms. The molecule has 0 unspecified atom stereocenters. The van der Waals surface area contributed by atoms with Gasteiger partial charge in [-0.05, 0) is 0 Å². The third-order valence-electron chi connectivity index (χ3n) is 1.01. The van der Waals surface area contributed by atoms with Gasteiger partial charge in [0.05, 0.1) is 6.26 Å². The second-order valence-electron chi connectivity index (χ2n) is 2.12. The molecular formula is C5H7NO5S. The van der Waals surface area contributed by atoms with Crippen molar-refractivity contribution in [3.8, 4) is 11.8 Å². The Morgan fingerprint density at radius 2 is 1.75 bits per heavy atom. The van der Waals surface area contributed by atoms with Crippen LogP contribution in [0.15, 0.2) is 12.1 Å². The number of nitrogens with zero attached hydrogens (tertiary/aromatic N) is 1.